The number of nitrogens with zero attached hydrogens (tertiary/aromatic N) is 5. The van der Waals surface area contributed by atoms with E-state index in [1.807, 2.05) is 55.3 Å². The molecule has 4 heterocycles. The number of amides is 1. The van der Waals surface area contributed by atoms with Crippen molar-refractivity contribution in [2.24, 2.45) is 7.05 Å². The molecule has 0 N–H and O–H groups in total. The second kappa shape index (κ2) is 8.80. The zero-order valence-corrected chi connectivity index (χ0v) is 20.9. The smallest absolute Gasteiger partial charge is 0.273 e. The van der Waals surface area contributed by atoms with Crippen molar-refractivity contribution in [3.05, 3.63) is 76.1 Å². The standard InChI is InChI=1S/C27H28F3N5O/c1-6-17-13-18-24(32-33(5)26(18)16-11-19(28)23(30)20(29)12-16)21(7-2)35(17)27(36)25-15(4)31-22-10-14(3)8-9-34(22)25/h8-12,17,21H,6-7,13H2,1-5H3. The fourth-order valence-corrected chi connectivity index (χ4v) is 5.51. The highest BCUT2D eigenvalue weighted by molar-refractivity contribution is 5.95. The summed E-state index contributed by atoms with van der Waals surface area (Å²) < 4.78 is 45.2. The van der Waals surface area contributed by atoms with E-state index in [1.165, 1.54) is 0 Å². The molecule has 2 unspecified atom stereocenters. The fraction of sp³-hybridized carbons (Fsp3) is 0.370. The Morgan fingerprint density at radius 1 is 1.08 bits per heavy atom. The first-order valence-corrected chi connectivity index (χ1v) is 12.1. The van der Waals surface area contributed by atoms with E-state index in [-0.39, 0.29) is 23.6 Å². The molecule has 3 aromatic heterocycles. The van der Waals surface area contributed by atoms with Crippen LogP contribution in [-0.4, -0.2) is 36.0 Å². The van der Waals surface area contributed by atoms with Crippen molar-refractivity contribution >= 4 is 11.6 Å². The fourth-order valence-electron chi connectivity index (χ4n) is 5.51. The van der Waals surface area contributed by atoms with Gasteiger partial charge in [-0.25, -0.2) is 18.2 Å². The van der Waals surface area contributed by atoms with Gasteiger partial charge in [-0.15, -0.1) is 0 Å². The molecule has 1 amide bonds. The molecule has 5 rings (SSSR count). The van der Waals surface area contributed by atoms with E-state index < -0.39 is 17.5 Å². The molecular formula is C27H28F3N5O. The maximum atomic E-state index is 14.1. The number of carbonyl (C=O) groups excluding carboxylic acids is 1. The zero-order valence-electron chi connectivity index (χ0n) is 20.9. The summed E-state index contributed by atoms with van der Waals surface area (Å²) in [5.41, 5.74) is 5.23. The molecule has 0 radical (unpaired) electrons. The number of fused-ring (bicyclic) bond motifs is 2. The number of pyridine rings is 1. The molecule has 6 nitrogen and oxygen atoms in total. The normalized spacial score (nSPS) is 17.6. The average molecular weight is 496 g/mol. The molecule has 1 aliphatic heterocycles. The summed E-state index contributed by atoms with van der Waals surface area (Å²) in [5.74, 6) is -4.11. The van der Waals surface area contributed by atoms with Crippen LogP contribution in [0.25, 0.3) is 16.9 Å². The number of halogens is 3. The zero-order chi connectivity index (χ0) is 25.9. The number of imidazole rings is 1. The van der Waals surface area contributed by atoms with Crippen LogP contribution in [0.5, 0.6) is 0 Å². The summed E-state index contributed by atoms with van der Waals surface area (Å²) in [6.07, 6.45) is 3.61. The summed E-state index contributed by atoms with van der Waals surface area (Å²) in [5, 5.41) is 4.70. The second-order valence-corrected chi connectivity index (χ2v) is 9.47. The minimum atomic E-state index is -1.50. The van der Waals surface area contributed by atoms with Crippen LogP contribution in [0, 0.1) is 31.3 Å². The van der Waals surface area contributed by atoms with Gasteiger partial charge in [0.05, 0.1) is 23.1 Å². The van der Waals surface area contributed by atoms with Gasteiger partial charge in [-0.3, -0.25) is 13.9 Å². The molecule has 2 atom stereocenters. The molecule has 0 aliphatic carbocycles. The Balaban J connectivity index is 1.64. The number of aryl methyl sites for hydroxylation is 3. The Labute approximate surface area is 207 Å². The lowest BCUT2D eigenvalue weighted by atomic mass is 9.87. The highest BCUT2D eigenvalue weighted by atomic mass is 19.2. The van der Waals surface area contributed by atoms with Gasteiger partial charge in [-0.1, -0.05) is 13.8 Å². The SMILES string of the molecule is CCC1Cc2c(nn(C)c2-c2cc(F)c(F)c(F)c2)C(CC)N1C(=O)c1c(C)nc2cc(C)ccn12. The van der Waals surface area contributed by atoms with E-state index in [1.54, 1.807) is 11.7 Å². The Morgan fingerprint density at radius 2 is 1.78 bits per heavy atom. The highest BCUT2D eigenvalue weighted by Gasteiger charge is 2.41. The number of aromatic nitrogens is 4. The van der Waals surface area contributed by atoms with Gasteiger partial charge >= 0.3 is 0 Å². The van der Waals surface area contributed by atoms with Gasteiger partial charge in [-0.05, 0) is 62.9 Å². The maximum Gasteiger partial charge on any atom is 0.273 e. The van der Waals surface area contributed by atoms with Gasteiger partial charge in [-0.2, -0.15) is 5.10 Å². The molecule has 4 aromatic rings. The largest absolute Gasteiger partial charge is 0.325 e. The maximum absolute atomic E-state index is 14.1. The third kappa shape index (κ3) is 3.60. The van der Waals surface area contributed by atoms with Crippen molar-refractivity contribution in [2.75, 3.05) is 0 Å². The molecule has 188 valence electrons. The summed E-state index contributed by atoms with van der Waals surface area (Å²) in [4.78, 5) is 20.6. The molecule has 0 bridgehead atoms. The minimum absolute atomic E-state index is 0.126. The van der Waals surface area contributed by atoms with Gasteiger partial charge in [0.25, 0.3) is 5.91 Å². The topological polar surface area (TPSA) is 55.4 Å². The third-order valence-corrected chi connectivity index (χ3v) is 7.17. The van der Waals surface area contributed by atoms with E-state index in [4.69, 9.17) is 5.10 Å². The van der Waals surface area contributed by atoms with Gasteiger partial charge < -0.3 is 4.90 Å². The number of carbonyl (C=O) groups is 1. The molecule has 0 saturated carbocycles. The predicted octanol–water partition coefficient (Wildman–Crippen LogP) is 5.70. The number of rotatable bonds is 4. The first kappa shape index (κ1) is 24.1. The van der Waals surface area contributed by atoms with Crippen molar-refractivity contribution < 1.29 is 18.0 Å². The van der Waals surface area contributed by atoms with E-state index in [0.717, 1.165) is 28.9 Å². The van der Waals surface area contributed by atoms with Crippen molar-refractivity contribution in [3.8, 4) is 11.3 Å². The Morgan fingerprint density at radius 3 is 2.42 bits per heavy atom. The van der Waals surface area contributed by atoms with Crippen molar-refractivity contribution in [1.29, 1.82) is 0 Å². The Hall–Kier alpha value is -3.62. The first-order chi connectivity index (χ1) is 17.2. The number of hydrogen-bond donors (Lipinski definition) is 0. The van der Waals surface area contributed by atoms with Gasteiger partial charge in [0, 0.05) is 30.4 Å². The Kier molecular flexibility index (Phi) is 5.89. The van der Waals surface area contributed by atoms with Gasteiger partial charge in [0.2, 0.25) is 0 Å². The Bertz CT molecular complexity index is 1480. The predicted molar refractivity (Wildman–Crippen MR) is 130 cm³/mol. The summed E-state index contributed by atoms with van der Waals surface area (Å²) in [7, 11) is 1.70. The summed E-state index contributed by atoms with van der Waals surface area (Å²) >= 11 is 0. The quantitative estimate of drug-likeness (QED) is 0.342. The van der Waals surface area contributed by atoms with Crippen LogP contribution in [0.3, 0.4) is 0 Å². The van der Waals surface area contributed by atoms with Crippen molar-refractivity contribution in [1.82, 2.24) is 24.1 Å². The van der Waals surface area contributed by atoms with Crippen LogP contribution in [0.15, 0.2) is 30.5 Å². The van der Waals surface area contributed by atoms with Crippen molar-refractivity contribution in [2.45, 2.75) is 59.0 Å². The molecule has 0 saturated heterocycles. The number of hydrogen-bond acceptors (Lipinski definition) is 3. The lowest BCUT2D eigenvalue weighted by Gasteiger charge is -2.41. The number of benzene rings is 1. The van der Waals surface area contributed by atoms with E-state index in [9.17, 15) is 18.0 Å². The van der Waals surface area contributed by atoms with Crippen molar-refractivity contribution in [3.63, 3.8) is 0 Å². The molecule has 0 spiro atoms. The molecule has 9 heteroatoms. The van der Waals surface area contributed by atoms with Crippen LogP contribution in [0.2, 0.25) is 0 Å². The molecule has 0 fully saturated rings. The summed E-state index contributed by atoms with van der Waals surface area (Å²) in [6.45, 7) is 7.82. The highest BCUT2D eigenvalue weighted by Crippen LogP contribution is 2.41. The van der Waals surface area contributed by atoms with Gasteiger partial charge in [0.1, 0.15) is 11.3 Å². The second-order valence-electron chi connectivity index (χ2n) is 9.47. The van der Waals surface area contributed by atoms with E-state index in [2.05, 4.69) is 4.98 Å². The van der Waals surface area contributed by atoms with Gasteiger partial charge in [0.15, 0.2) is 17.5 Å². The van der Waals surface area contributed by atoms with Crippen LogP contribution in [0.4, 0.5) is 13.2 Å². The monoisotopic (exact) mass is 495 g/mol. The lowest BCUT2D eigenvalue weighted by Crippen LogP contribution is -2.47. The van der Waals surface area contributed by atoms with Crippen LogP contribution < -0.4 is 0 Å². The molecular weight excluding hydrogens is 467 g/mol. The van der Waals surface area contributed by atoms with Crippen LogP contribution in [0.1, 0.15) is 65.7 Å². The summed E-state index contributed by atoms with van der Waals surface area (Å²) in [6, 6.07) is 5.39. The molecule has 1 aromatic carbocycles. The first-order valence-electron chi connectivity index (χ1n) is 12.1. The lowest BCUT2D eigenvalue weighted by molar-refractivity contribution is 0.0504. The van der Waals surface area contributed by atoms with E-state index in [0.29, 0.717) is 42.0 Å². The molecule has 1 aliphatic rings. The molecule has 36 heavy (non-hydrogen) atoms. The van der Waals surface area contributed by atoms with Crippen LogP contribution in [-0.2, 0) is 13.5 Å². The van der Waals surface area contributed by atoms with E-state index >= 15 is 0 Å². The van der Waals surface area contributed by atoms with Crippen LogP contribution >= 0.6 is 0 Å². The minimum Gasteiger partial charge on any atom is -0.325 e. The third-order valence-electron chi connectivity index (χ3n) is 7.17. The average Bonchev–Trinajstić information content (AvgIpc) is 3.34.